The average Bonchev–Trinajstić information content (AvgIpc) is 3.52. The molecule has 0 radical (unpaired) electrons. The number of amides is 1. The van der Waals surface area contributed by atoms with Gasteiger partial charge in [-0.25, -0.2) is 14.8 Å². The number of carbonyl (C=O) groups is 1. The minimum atomic E-state index is -0.297. The molecule has 0 unspecified atom stereocenters. The van der Waals surface area contributed by atoms with Crippen LogP contribution in [0.1, 0.15) is 25.2 Å². The Kier molecular flexibility index (Phi) is 5.61. The fourth-order valence-electron chi connectivity index (χ4n) is 3.12. The third-order valence-corrected chi connectivity index (χ3v) is 5.15. The van der Waals surface area contributed by atoms with Gasteiger partial charge in [-0.15, -0.1) is 0 Å². The number of carbonyl (C=O) groups excluding carboxylic acids is 1. The Bertz CT molecular complexity index is 1150. The van der Waals surface area contributed by atoms with Crippen molar-refractivity contribution in [2.45, 2.75) is 27.3 Å². The molecule has 5 heterocycles. The summed E-state index contributed by atoms with van der Waals surface area (Å²) in [5.74, 6) is 0.644. The molecule has 1 saturated heterocycles. The molecule has 156 valence electrons. The summed E-state index contributed by atoms with van der Waals surface area (Å²) < 4.78 is 11.4. The van der Waals surface area contributed by atoms with Gasteiger partial charge in [0.25, 0.3) is 0 Å². The van der Waals surface area contributed by atoms with Crippen molar-refractivity contribution in [3.05, 3.63) is 42.2 Å². The molecule has 0 aromatic carbocycles. The zero-order valence-corrected chi connectivity index (χ0v) is 17.7. The number of imidazole rings is 1. The molecule has 1 amide bonds. The smallest absolute Gasteiger partial charge is 0.410 e. The van der Waals surface area contributed by atoms with Crippen LogP contribution in [0.15, 0.2) is 30.9 Å². The Morgan fingerprint density at radius 3 is 2.93 bits per heavy atom. The summed E-state index contributed by atoms with van der Waals surface area (Å²) in [6, 6.07) is 1.91. The van der Waals surface area contributed by atoms with Crippen LogP contribution < -0.4 is 5.32 Å². The summed E-state index contributed by atoms with van der Waals surface area (Å²) in [6.07, 6.45) is 7.01. The van der Waals surface area contributed by atoms with Gasteiger partial charge >= 0.3 is 6.09 Å². The molecule has 10 nitrogen and oxygen atoms in total. The lowest BCUT2D eigenvalue weighted by Gasteiger charge is -2.09. The van der Waals surface area contributed by atoms with Crippen LogP contribution in [0.2, 0.25) is 0 Å². The van der Waals surface area contributed by atoms with Crippen LogP contribution in [0.3, 0.4) is 0 Å². The van der Waals surface area contributed by atoms with E-state index in [1.807, 2.05) is 43.6 Å². The maximum absolute atomic E-state index is 11.6. The SMILES string of the molecule is CC.Cc1cn2c(-c3cn[nH]c3)cnc2c(Nc2cc(CN3CCOC3=O)ns2)n1. The van der Waals surface area contributed by atoms with Crippen LogP contribution in [0.25, 0.3) is 16.9 Å². The molecule has 4 aromatic heterocycles. The number of nitrogens with zero attached hydrogens (tertiary/aromatic N) is 6. The summed E-state index contributed by atoms with van der Waals surface area (Å²) in [5.41, 5.74) is 4.23. The molecule has 1 aliphatic rings. The van der Waals surface area contributed by atoms with Crippen LogP contribution in [0.5, 0.6) is 0 Å². The second-order valence-corrected chi connectivity index (χ2v) is 7.20. The number of aromatic nitrogens is 6. The van der Waals surface area contributed by atoms with E-state index in [1.165, 1.54) is 11.5 Å². The van der Waals surface area contributed by atoms with Crippen molar-refractivity contribution >= 4 is 34.1 Å². The number of hydrogen-bond donors (Lipinski definition) is 2. The van der Waals surface area contributed by atoms with Crippen molar-refractivity contribution in [3.8, 4) is 11.3 Å². The number of nitrogens with one attached hydrogen (secondary N) is 2. The topological polar surface area (TPSA) is 113 Å². The van der Waals surface area contributed by atoms with Gasteiger partial charge in [0.1, 0.15) is 11.6 Å². The lowest BCUT2D eigenvalue weighted by atomic mass is 10.3. The van der Waals surface area contributed by atoms with E-state index in [0.29, 0.717) is 31.2 Å². The molecule has 0 atom stereocenters. The molecule has 0 bridgehead atoms. The fraction of sp³-hybridized carbons (Fsp3) is 0.316. The number of ether oxygens (including phenoxy) is 1. The molecule has 4 aromatic rings. The molecule has 0 aliphatic carbocycles. The summed E-state index contributed by atoms with van der Waals surface area (Å²) in [6.45, 7) is 7.38. The van der Waals surface area contributed by atoms with Crippen LogP contribution >= 0.6 is 11.5 Å². The third kappa shape index (κ3) is 3.83. The Hall–Kier alpha value is -3.47. The number of aryl methyl sites for hydroxylation is 1. The highest BCUT2D eigenvalue weighted by Crippen LogP contribution is 2.27. The van der Waals surface area contributed by atoms with Gasteiger partial charge in [-0.1, -0.05) is 13.8 Å². The zero-order valence-electron chi connectivity index (χ0n) is 16.9. The average molecular weight is 427 g/mol. The highest BCUT2D eigenvalue weighted by Gasteiger charge is 2.23. The molecule has 0 saturated carbocycles. The van der Waals surface area contributed by atoms with Gasteiger partial charge < -0.3 is 10.1 Å². The van der Waals surface area contributed by atoms with Gasteiger partial charge in [0, 0.05) is 18.0 Å². The maximum Gasteiger partial charge on any atom is 0.410 e. The maximum atomic E-state index is 11.6. The molecule has 11 heteroatoms. The summed E-state index contributed by atoms with van der Waals surface area (Å²) >= 11 is 1.32. The second kappa shape index (κ2) is 8.49. The normalized spacial score (nSPS) is 13.3. The van der Waals surface area contributed by atoms with Crippen LogP contribution in [-0.4, -0.2) is 53.1 Å². The Balaban J connectivity index is 0.00000106. The van der Waals surface area contributed by atoms with Crippen molar-refractivity contribution in [3.63, 3.8) is 0 Å². The highest BCUT2D eigenvalue weighted by atomic mass is 32.1. The monoisotopic (exact) mass is 426 g/mol. The number of anilines is 2. The first-order valence-electron chi connectivity index (χ1n) is 9.65. The predicted molar refractivity (Wildman–Crippen MR) is 114 cm³/mol. The van der Waals surface area contributed by atoms with Crippen molar-refractivity contribution < 1.29 is 9.53 Å². The first-order valence-corrected chi connectivity index (χ1v) is 10.4. The zero-order chi connectivity index (χ0) is 21.1. The lowest BCUT2D eigenvalue weighted by Crippen LogP contribution is -2.23. The van der Waals surface area contributed by atoms with Crippen LogP contribution in [-0.2, 0) is 11.3 Å². The minimum Gasteiger partial charge on any atom is -0.448 e. The Labute approximate surface area is 177 Å². The molecular weight excluding hydrogens is 404 g/mol. The van der Waals surface area contributed by atoms with E-state index in [1.54, 1.807) is 17.3 Å². The van der Waals surface area contributed by atoms with E-state index in [9.17, 15) is 4.79 Å². The molecule has 5 rings (SSSR count). The van der Waals surface area contributed by atoms with Gasteiger partial charge in [-0.05, 0) is 24.5 Å². The quantitative estimate of drug-likeness (QED) is 0.501. The number of H-pyrrole nitrogens is 1. The van der Waals surface area contributed by atoms with Gasteiger partial charge in [0.15, 0.2) is 11.5 Å². The van der Waals surface area contributed by atoms with Crippen molar-refractivity contribution in [2.75, 3.05) is 18.5 Å². The minimum absolute atomic E-state index is 0.297. The number of cyclic esters (lactones) is 1. The Morgan fingerprint density at radius 2 is 2.20 bits per heavy atom. The molecule has 2 N–H and O–H groups in total. The Morgan fingerprint density at radius 1 is 1.33 bits per heavy atom. The van der Waals surface area contributed by atoms with Crippen LogP contribution in [0.4, 0.5) is 15.6 Å². The predicted octanol–water partition coefficient (Wildman–Crippen LogP) is 3.61. The van der Waals surface area contributed by atoms with Crippen molar-refractivity contribution in [2.24, 2.45) is 0 Å². The molecule has 1 fully saturated rings. The van der Waals surface area contributed by atoms with Gasteiger partial charge in [-0.3, -0.25) is 14.4 Å². The van der Waals surface area contributed by atoms with E-state index in [2.05, 4.69) is 29.9 Å². The largest absolute Gasteiger partial charge is 0.448 e. The third-order valence-electron chi connectivity index (χ3n) is 4.41. The van der Waals surface area contributed by atoms with E-state index in [-0.39, 0.29) is 6.09 Å². The lowest BCUT2D eigenvalue weighted by molar-refractivity contribution is 0.157. The summed E-state index contributed by atoms with van der Waals surface area (Å²) in [7, 11) is 0. The molecular formula is C19H22N8O2S. The van der Waals surface area contributed by atoms with E-state index >= 15 is 0 Å². The second-order valence-electron chi connectivity index (χ2n) is 6.40. The van der Waals surface area contributed by atoms with Crippen LogP contribution in [0, 0.1) is 6.92 Å². The molecule has 30 heavy (non-hydrogen) atoms. The van der Waals surface area contributed by atoms with E-state index in [4.69, 9.17) is 4.74 Å². The molecule has 0 spiro atoms. The number of fused-ring (bicyclic) bond motifs is 1. The number of hydrogen-bond acceptors (Lipinski definition) is 8. The van der Waals surface area contributed by atoms with Gasteiger partial charge in [0.2, 0.25) is 0 Å². The molecule has 1 aliphatic heterocycles. The highest BCUT2D eigenvalue weighted by molar-refractivity contribution is 7.10. The van der Waals surface area contributed by atoms with E-state index in [0.717, 1.165) is 27.6 Å². The van der Waals surface area contributed by atoms with E-state index < -0.39 is 0 Å². The number of aromatic amines is 1. The number of rotatable bonds is 5. The van der Waals surface area contributed by atoms with Gasteiger partial charge in [0.05, 0.1) is 42.6 Å². The summed E-state index contributed by atoms with van der Waals surface area (Å²) in [4.78, 5) is 22.3. The van der Waals surface area contributed by atoms with Crippen molar-refractivity contribution in [1.29, 1.82) is 0 Å². The van der Waals surface area contributed by atoms with Crippen molar-refractivity contribution in [1.82, 2.24) is 33.8 Å². The van der Waals surface area contributed by atoms with Gasteiger partial charge in [-0.2, -0.15) is 9.47 Å². The standard InChI is InChI=1S/C17H16N8O2S.C2H6/c1-10-8-25-13(11-5-19-20-6-11)7-18-16(25)15(21-10)22-14-4-12(23-28-14)9-24-2-3-27-17(24)26;1-2/h4-8H,2-3,9H2,1H3,(H,19,20)(H,21,22);1-2H3. The summed E-state index contributed by atoms with van der Waals surface area (Å²) in [5, 5.41) is 11.0. The fourth-order valence-corrected chi connectivity index (χ4v) is 3.78. The first kappa shape index (κ1) is 19.8. The first-order chi connectivity index (χ1) is 14.7.